The average Bonchev–Trinajstić information content (AvgIpc) is 2.59. The normalized spacial score (nSPS) is 11.5. The van der Waals surface area contributed by atoms with Crippen molar-refractivity contribution < 1.29 is 4.79 Å². The molecular formula is C10H12N2OS2. The van der Waals surface area contributed by atoms with Gasteiger partial charge in [-0.1, -0.05) is 18.2 Å². The number of aromatic nitrogens is 1. The molecule has 3 nitrogen and oxygen atoms in total. The fraction of sp³-hybridized carbons (Fsp3) is 0.200. The fourth-order valence-electron chi connectivity index (χ4n) is 1.31. The van der Waals surface area contributed by atoms with Crippen molar-refractivity contribution in [2.75, 3.05) is 12.5 Å². The molecule has 0 bridgehead atoms. The van der Waals surface area contributed by atoms with Crippen LogP contribution >= 0.6 is 22.6 Å². The lowest BCUT2D eigenvalue weighted by Crippen LogP contribution is -2.19. The minimum absolute atomic E-state index is 0.0661. The molecule has 5 heteroatoms. The van der Waals surface area contributed by atoms with Crippen molar-refractivity contribution in [3.63, 3.8) is 0 Å². The smallest absolute Gasteiger partial charge is 0.279 e. The molecule has 1 N–H and O–H groups in total. The zero-order valence-electron chi connectivity index (χ0n) is 8.52. The lowest BCUT2D eigenvalue weighted by molar-refractivity contribution is 0.0982. The van der Waals surface area contributed by atoms with Crippen molar-refractivity contribution in [2.45, 2.75) is 0 Å². The molecule has 0 atom stereocenters. The monoisotopic (exact) mass is 240 g/mol. The third kappa shape index (κ3) is 2.13. The summed E-state index contributed by atoms with van der Waals surface area (Å²) in [6, 6.07) is 7.79. The van der Waals surface area contributed by atoms with E-state index in [1.807, 2.05) is 36.8 Å². The maximum Gasteiger partial charge on any atom is 0.279 e. The van der Waals surface area contributed by atoms with Crippen molar-refractivity contribution in [3.8, 4) is 0 Å². The first kappa shape index (κ1) is 10.4. The van der Waals surface area contributed by atoms with Crippen LogP contribution in [-0.2, 0) is 0 Å². The van der Waals surface area contributed by atoms with E-state index < -0.39 is 11.1 Å². The van der Waals surface area contributed by atoms with E-state index >= 15 is 0 Å². The van der Waals surface area contributed by atoms with Gasteiger partial charge in [0.1, 0.15) is 0 Å². The van der Waals surface area contributed by atoms with Gasteiger partial charge in [0.15, 0.2) is 5.69 Å². The van der Waals surface area contributed by atoms with Crippen LogP contribution in [0.5, 0.6) is 0 Å². The Balaban J connectivity index is 2.40. The Kier molecular flexibility index (Phi) is 2.93. The topological polar surface area (TPSA) is 42.0 Å². The second kappa shape index (κ2) is 4.20. The van der Waals surface area contributed by atoms with E-state index in [1.54, 1.807) is 0 Å². The average molecular weight is 240 g/mol. The highest BCUT2D eigenvalue weighted by atomic mass is 32.2. The number of carbonyl (C=O) groups excluding carboxylic acids is 1. The Morgan fingerprint density at radius 2 is 2.13 bits per heavy atom. The second-order valence-corrected chi connectivity index (χ2v) is 6.18. The summed E-state index contributed by atoms with van der Waals surface area (Å²) in [4.78, 5) is 11.8. The molecule has 1 aromatic heterocycles. The molecule has 1 amide bonds. The minimum Gasteiger partial charge on any atom is -0.316 e. The fourth-order valence-corrected chi connectivity index (χ4v) is 2.59. The third-order valence-electron chi connectivity index (χ3n) is 1.92. The number of benzene rings is 1. The first-order chi connectivity index (χ1) is 7.18. The highest BCUT2D eigenvalue weighted by molar-refractivity contribution is 8.14. The number of nitrogens with zero attached hydrogens (tertiary/aromatic N) is 1. The van der Waals surface area contributed by atoms with Gasteiger partial charge in [-0.05, 0) is 30.1 Å². The first-order valence-electron chi connectivity index (χ1n) is 4.51. The van der Waals surface area contributed by atoms with Gasteiger partial charge in [0, 0.05) is 5.39 Å². The molecule has 1 heterocycles. The first-order valence-corrected chi connectivity index (χ1v) is 7.52. The Labute approximate surface area is 95.1 Å². The van der Waals surface area contributed by atoms with Crippen LogP contribution < -0.4 is 4.72 Å². The maximum atomic E-state index is 11.8. The van der Waals surface area contributed by atoms with Gasteiger partial charge in [0.25, 0.3) is 5.91 Å². The van der Waals surface area contributed by atoms with Crippen LogP contribution in [-0.4, -0.2) is 22.8 Å². The van der Waals surface area contributed by atoms with Gasteiger partial charge in [0.2, 0.25) is 0 Å². The zero-order valence-corrected chi connectivity index (χ0v) is 10.2. The predicted molar refractivity (Wildman–Crippen MR) is 67.9 cm³/mol. The van der Waals surface area contributed by atoms with Gasteiger partial charge in [-0.15, -0.1) is 0 Å². The molecule has 2 aromatic rings. The Morgan fingerprint density at radius 3 is 2.87 bits per heavy atom. The van der Waals surface area contributed by atoms with E-state index in [0.717, 1.165) is 10.1 Å². The van der Waals surface area contributed by atoms with E-state index in [4.69, 9.17) is 0 Å². The molecule has 15 heavy (non-hydrogen) atoms. The summed E-state index contributed by atoms with van der Waals surface area (Å²) in [6.07, 6.45) is 4.00. The van der Waals surface area contributed by atoms with E-state index in [1.165, 1.54) is 11.5 Å². The number of nitrogens with one attached hydrogen (secondary N) is 1. The molecule has 0 unspecified atom stereocenters. The summed E-state index contributed by atoms with van der Waals surface area (Å²) in [5.74, 6) is -0.0661. The Bertz CT molecular complexity index is 493. The van der Waals surface area contributed by atoms with Crippen LogP contribution in [0.1, 0.15) is 10.5 Å². The standard InChI is InChI=1S/C10H12N2OS2/c1-15(2)12-10(13)9-7-5-3-4-6-8(7)14-11-9/h3-6,15H,1-2H3,(H,12,13). The lowest BCUT2D eigenvalue weighted by atomic mass is 10.2. The molecule has 0 aliphatic carbocycles. The van der Waals surface area contributed by atoms with Crippen LogP contribution in [0.2, 0.25) is 0 Å². The highest BCUT2D eigenvalue weighted by Gasteiger charge is 2.13. The van der Waals surface area contributed by atoms with Gasteiger partial charge in [-0.25, -0.2) is 0 Å². The van der Waals surface area contributed by atoms with Crippen LogP contribution in [0.15, 0.2) is 24.3 Å². The predicted octanol–water partition coefficient (Wildman–Crippen LogP) is 2.20. The summed E-state index contributed by atoms with van der Waals surface area (Å²) in [6.45, 7) is 0. The molecule has 0 aliphatic rings. The number of hydrogen-bond acceptors (Lipinski definition) is 3. The Hall–Kier alpha value is -1.07. The molecule has 0 saturated heterocycles. The number of carbonyl (C=O) groups is 1. The van der Waals surface area contributed by atoms with Crippen molar-refractivity contribution in [2.24, 2.45) is 0 Å². The van der Waals surface area contributed by atoms with Gasteiger partial charge in [-0.2, -0.15) is 15.5 Å². The third-order valence-corrected chi connectivity index (χ3v) is 3.39. The van der Waals surface area contributed by atoms with Crippen LogP contribution in [0.25, 0.3) is 10.1 Å². The number of rotatable bonds is 2. The molecule has 0 saturated carbocycles. The van der Waals surface area contributed by atoms with Crippen LogP contribution in [0.4, 0.5) is 0 Å². The summed E-state index contributed by atoms with van der Waals surface area (Å²) in [5, 5.41) is 0.942. The van der Waals surface area contributed by atoms with Crippen molar-refractivity contribution in [1.82, 2.24) is 9.10 Å². The lowest BCUT2D eigenvalue weighted by Gasteiger charge is -2.10. The largest absolute Gasteiger partial charge is 0.316 e. The summed E-state index contributed by atoms with van der Waals surface area (Å²) < 4.78 is 8.15. The van der Waals surface area contributed by atoms with Crippen molar-refractivity contribution in [1.29, 1.82) is 0 Å². The molecule has 0 radical (unpaired) electrons. The van der Waals surface area contributed by atoms with Gasteiger partial charge < -0.3 is 4.72 Å². The maximum absolute atomic E-state index is 11.8. The van der Waals surface area contributed by atoms with Gasteiger partial charge >= 0.3 is 0 Å². The molecular weight excluding hydrogens is 228 g/mol. The van der Waals surface area contributed by atoms with E-state index in [2.05, 4.69) is 9.10 Å². The summed E-state index contributed by atoms with van der Waals surface area (Å²) in [5.41, 5.74) is 0.548. The Morgan fingerprint density at radius 1 is 1.40 bits per heavy atom. The van der Waals surface area contributed by atoms with Crippen LogP contribution in [0.3, 0.4) is 0 Å². The van der Waals surface area contributed by atoms with E-state index in [0.29, 0.717) is 5.69 Å². The number of fused-ring (bicyclic) bond motifs is 1. The molecule has 0 fully saturated rings. The number of thiol groups is 1. The quantitative estimate of drug-likeness (QED) is 0.790. The molecule has 80 valence electrons. The number of hydrogen-bond donors (Lipinski definition) is 2. The van der Waals surface area contributed by atoms with E-state index in [9.17, 15) is 4.79 Å². The van der Waals surface area contributed by atoms with E-state index in [-0.39, 0.29) is 5.91 Å². The molecule has 0 spiro atoms. The molecule has 2 rings (SSSR count). The van der Waals surface area contributed by atoms with Gasteiger partial charge in [0.05, 0.1) is 4.70 Å². The SMILES string of the molecule is C[SH](C)NC(=O)c1nsc2ccccc12. The highest BCUT2D eigenvalue weighted by Crippen LogP contribution is 2.23. The minimum atomic E-state index is -0.435. The summed E-state index contributed by atoms with van der Waals surface area (Å²) >= 11 is 0.931. The van der Waals surface area contributed by atoms with Gasteiger partial charge in [-0.3, -0.25) is 4.79 Å². The summed E-state index contributed by atoms with van der Waals surface area (Å²) in [7, 11) is 0. The molecule has 1 aromatic carbocycles. The second-order valence-electron chi connectivity index (χ2n) is 3.36. The van der Waals surface area contributed by atoms with Crippen molar-refractivity contribution in [3.05, 3.63) is 30.0 Å². The molecule has 0 aliphatic heterocycles. The number of amides is 1. The zero-order chi connectivity index (χ0) is 10.8. The van der Waals surface area contributed by atoms with Crippen LogP contribution in [0, 0.1) is 0 Å². The van der Waals surface area contributed by atoms with Crippen molar-refractivity contribution >= 4 is 38.6 Å².